The summed E-state index contributed by atoms with van der Waals surface area (Å²) in [5, 5.41) is 30.1. The SMILES string of the molecule is CCCCN(CCCC)c1ccc(-c2cc3c(s2)C2=C(c4sc(/C=C/C5=C(C#N)C(=C(C#N)C#N)OC5(C)C)cc4S2(c2ccccc2)c2ccccc2)[SH]3(C)(c2ccccc2)c2ccccc2)cc1. The molecule has 5 nitrogen and oxygen atoms in total. The van der Waals surface area contributed by atoms with Gasteiger partial charge < -0.3 is 9.64 Å². The number of nitriles is 3. The van der Waals surface area contributed by atoms with E-state index in [0.717, 1.165) is 18.0 Å². The second kappa shape index (κ2) is 18.5. The van der Waals surface area contributed by atoms with Crippen molar-refractivity contribution in [3.8, 4) is 28.6 Å². The average Bonchev–Trinajstić information content (AvgIpc) is 4.19. The van der Waals surface area contributed by atoms with E-state index in [2.05, 4.69) is 195 Å². The number of hydrogen-bond acceptors (Lipinski definition) is 7. The highest BCUT2D eigenvalue weighted by Gasteiger charge is 2.62. The van der Waals surface area contributed by atoms with Crippen molar-refractivity contribution in [2.75, 3.05) is 24.2 Å². The van der Waals surface area contributed by atoms with Crippen LogP contribution in [0.15, 0.2) is 216 Å². The first-order valence-electron chi connectivity index (χ1n) is 24.1. The van der Waals surface area contributed by atoms with Crippen molar-refractivity contribution in [3.05, 3.63) is 201 Å². The van der Waals surface area contributed by atoms with Gasteiger partial charge in [0.25, 0.3) is 0 Å². The molecule has 5 heterocycles. The van der Waals surface area contributed by atoms with Crippen LogP contribution in [-0.4, -0.2) is 24.9 Å². The van der Waals surface area contributed by atoms with Crippen molar-refractivity contribution in [1.29, 1.82) is 15.8 Å². The first kappa shape index (κ1) is 46.9. The van der Waals surface area contributed by atoms with Crippen molar-refractivity contribution in [3.63, 3.8) is 0 Å². The summed E-state index contributed by atoms with van der Waals surface area (Å²) in [6.07, 6.45) is 11.4. The summed E-state index contributed by atoms with van der Waals surface area (Å²) in [5.41, 5.74) is 2.23. The zero-order valence-corrected chi connectivity index (χ0v) is 43.6. The minimum Gasteiger partial charge on any atom is -0.480 e. The molecular weight excluding hydrogens is 933 g/mol. The van der Waals surface area contributed by atoms with E-state index in [1.165, 1.54) is 90.7 Å². The van der Waals surface area contributed by atoms with Gasteiger partial charge in [-0.3, -0.25) is 0 Å². The van der Waals surface area contributed by atoms with Crippen LogP contribution in [0, 0.1) is 34.0 Å². The Morgan fingerprint density at radius 3 is 1.74 bits per heavy atom. The molecule has 0 unspecified atom stereocenters. The van der Waals surface area contributed by atoms with E-state index in [9.17, 15) is 15.8 Å². The van der Waals surface area contributed by atoms with E-state index in [0.29, 0.717) is 5.57 Å². The standard InChI is InChI=1S/C61H56N4OS4/c1-6-8-36-65(37-9-7-2)45-32-30-43(31-33-45)53-39-55-58(68-53)59-60(70(55,5,49-26-18-12-19-27-49)50-28-20-13-21-29-50)57-54(69(59,47-22-14-10-15-23-47)48-24-16-11-17-25-48)38-46(67-57)34-35-52-51(42-64)56(44(40-62)41-63)66-61(52,3)4/h10-35,38-39,70H,6-9,36-37H2,1-5H3/b35-34+. The molecule has 3 aliphatic heterocycles. The Labute approximate surface area is 423 Å². The van der Waals surface area contributed by atoms with Crippen molar-refractivity contribution >= 4 is 63.4 Å². The molecule has 0 N–H and O–H groups in total. The fraction of sp³-hybridized carbons (Fsp3) is 0.197. The molecule has 0 amide bonds. The van der Waals surface area contributed by atoms with E-state index in [4.69, 9.17) is 4.74 Å². The zero-order chi connectivity index (χ0) is 48.7. The molecule has 0 radical (unpaired) electrons. The van der Waals surface area contributed by atoms with Crippen LogP contribution in [0.4, 0.5) is 5.69 Å². The topological polar surface area (TPSA) is 83.8 Å². The van der Waals surface area contributed by atoms with E-state index in [1.807, 2.05) is 54.7 Å². The lowest BCUT2D eigenvalue weighted by molar-refractivity contribution is 0.0954. The second-order valence-electron chi connectivity index (χ2n) is 18.8. The maximum absolute atomic E-state index is 10.5. The minimum atomic E-state index is -3.62. The van der Waals surface area contributed by atoms with Crippen molar-refractivity contribution in [2.24, 2.45) is 0 Å². The van der Waals surface area contributed by atoms with Crippen LogP contribution < -0.4 is 4.90 Å². The smallest absolute Gasteiger partial charge is 0.172 e. The third kappa shape index (κ3) is 7.07. The van der Waals surface area contributed by atoms with Gasteiger partial charge in [0.2, 0.25) is 0 Å². The number of fused-ring (bicyclic) bond motifs is 4. The molecule has 350 valence electrons. The Balaban J connectivity index is 1.29. The summed E-state index contributed by atoms with van der Waals surface area (Å²) in [5.74, 6) is 0.0413. The number of thiophene rings is 2. The summed E-state index contributed by atoms with van der Waals surface area (Å²) in [6.45, 7) is 10.4. The number of ether oxygens (including phenoxy) is 1. The molecule has 0 bridgehead atoms. The Hall–Kier alpha value is -6.77. The number of nitrogens with zero attached hydrogens (tertiary/aromatic N) is 4. The molecule has 5 aromatic carbocycles. The van der Waals surface area contributed by atoms with Crippen molar-refractivity contribution in [2.45, 2.75) is 88.4 Å². The lowest BCUT2D eigenvalue weighted by Crippen LogP contribution is -2.25. The lowest BCUT2D eigenvalue weighted by Gasteiger charge is -2.58. The largest absolute Gasteiger partial charge is 0.480 e. The molecule has 0 atom stereocenters. The highest BCUT2D eigenvalue weighted by atomic mass is 32.3. The minimum absolute atomic E-state index is 0.0413. The molecule has 0 saturated heterocycles. The molecule has 3 aliphatic rings. The molecule has 0 aliphatic carbocycles. The highest BCUT2D eigenvalue weighted by Crippen LogP contribution is 3.01. The van der Waals surface area contributed by atoms with E-state index in [-0.39, 0.29) is 16.9 Å². The van der Waals surface area contributed by atoms with Gasteiger partial charge in [-0.05, 0) is 103 Å². The molecular formula is C61H56N4OS4. The first-order valence-corrected chi connectivity index (χ1v) is 30.1. The third-order valence-corrected chi connectivity index (χ3v) is 27.7. The number of anilines is 1. The van der Waals surface area contributed by atoms with E-state index < -0.39 is 24.8 Å². The highest BCUT2D eigenvalue weighted by molar-refractivity contribution is 8.58. The molecule has 2 aromatic heterocycles. The predicted molar refractivity (Wildman–Crippen MR) is 296 cm³/mol. The van der Waals surface area contributed by atoms with Gasteiger partial charge in [0.1, 0.15) is 29.4 Å². The predicted octanol–water partition coefficient (Wildman–Crippen LogP) is 17.1. The number of benzene rings is 5. The normalized spacial score (nSPS) is 17.6. The van der Waals surface area contributed by atoms with Gasteiger partial charge in [-0.25, -0.2) is 0 Å². The number of hydrogen-bond donors (Lipinski definition) is 1. The van der Waals surface area contributed by atoms with Crippen LogP contribution in [0.25, 0.3) is 26.3 Å². The van der Waals surface area contributed by atoms with E-state index in [1.54, 1.807) is 0 Å². The Morgan fingerprint density at radius 2 is 1.23 bits per heavy atom. The molecule has 10 rings (SSSR count). The van der Waals surface area contributed by atoms with Crippen LogP contribution in [0.3, 0.4) is 0 Å². The zero-order valence-electron chi connectivity index (χ0n) is 40.3. The van der Waals surface area contributed by atoms with Gasteiger partial charge in [0, 0.05) is 63.5 Å². The lowest BCUT2D eigenvalue weighted by atomic mass is 9.94. The maximum Gasteiger partial charge on any atom is 0.172 e. The van der Waals surface area contributed by atoms with Gasteiger partial charge >= 0.3 is 0 Å². The number of unbranched alkanes of at least 4 members (excludes halogenated alkanes) is 2. The number of allylic oxidation sites excluding steroid dienone is 2. The van der Waals surface area contributed by atoms with Gasteiger partial charge in [-0.2, -0.15) is 24.9 Å². The van der Waals surface area contributed by atoms with Crippen LogP contribution >= 0.6 is 41.9 Å². The molecule has 7 aromatic rings. The number of rotatable bonds is 14. The molecule has 70 heavy (non-hydrogen) atoms. The van der Waals surface area contributed by atoms with Crippen LogP contribution in [0.1, 0.15) is 68.0 Å². The fourth-order valence-electron chi connectivity index (χ4n) is 10.9. The van der Waals surface area contributed by atoms with Crippen LogP contribution in [0.5, 0.6) is 0 Å². The summed E-state index contributed by atoms with van der Waals surface area (Å²) in [4.78, 5) is 18.4. The third-order valence-electron chi connectivity index (χ3n) is 14.4. The average molecular weight is 989 g/mol. The fourth-order valence-corrected chi connectivity index (χ4v) is 26.9. The first-order chi connectivity index (χ1) is 34.1. The van der Waals surface area contributed by atoms with Crippen LogP contribution in [-0.2, 0) is 4.74 Å². The Kier molecular flexibility index (Phi) is 12.4. The summed E-state index contributed by atoms with van der Waals surface area (Å²) < 4.78 is 6.21. The van der Waals surface area contributed by atoms with Gasteiger partial charge in [-0.1, -0.05) is 142 Å². The maximum atomic E-state index is 10.5. The van der Waals surface area contributed by atoms with Gasteiger partial charge in [0.05, 0.1) is 9.75 Å². The monoisotopic (exact) mass is 988 g/mol. The Bertz CT molecular complexity index is 3290. The number of thiol groups is 1. The van der Waals surface area contributed by atoms with Gasteiger partial charge in [-0.15, -0.1) is 32.7 Å². The van der Waals surface area contributed by atoms with E-state index >= 15 is 0 Å². The molecule has 9 heteroatoms. The van der Waals surface area contributed by atoms with Crippen LogP contribution in [0.2, 0.25) is 0 Å². The molecule has 0 saturated carbocycles. The second-order valence-corrected chi connectivity index (χ2v) is 29.1. The van der Waals surface area contributed by atoms with Gasteiger partial charge in [0.15, 0.2) is 11.3 Å². The summed E-state index contributed by atoms with van der Waals surface area (Å²) in [7, 11) is -5.78. The van der Waals surface area contributed by atoms with Crippen molar-refractivity contribution < 1.29 is 4.74 Å². The summed E-state index contributed by atoms with van der Waals surface area (Å²) >= 11 is 3.79. The van der Waals surface area contributed by atoms with Crippen molar-refractivity contribution in [1.82, 2.24) is 0 Å². The summed E-state index contributed by atoms with van der Waals surface area (Å²) in [6, 6.07) is 65.6. The molecule has 0 fully saturated rings. The quantitative estimate of drug-likeness (QED) is 0.0867. The molecule has 0 spiro atoms. The Morgan fingerprint density at radius 1 is 0.686 bits per heavy atom.